The van der Waals surface area contributed by atoms with Crippen LogP contribution < -0.4 is 9.47 Å². The van der Waals surface area contributed by atoms with E-state index in [0.717, 1.165) is 57.1 Å². The number of likely N-dealkylation sites (tertiary alicyclic amines) is 2. The van der Waals surface area contributed by atoms with E-state index in [2.05, 4.69) is 34.1 Å². The van der Waals surface area contributed by atoms with Crippen molar-refractivity contribution in [1.29, 1.82) is 0 Å². The van der Waals surface area contributed by atoms with E-state index in [1.165, 1.54) is 51.9 Å². The van der Waals surface area contributed by atoms with E-state index >= 15 is 0 Å². The number of ether oxygens (including phenoxy) is 2. The van der Waals surface area contributed by atoms with Crippen LogP contribution in [0.4, 0.5) is 0 Å². The van der Waals surface area contributed by atoms with E-state index in [0.29, 0.717) is 18.8 Å². The van der Waals surface area contributed by atoms with Gasteiger partial charge in [0.15, 0.2) is 5.78 Å². The summed E-state index contributed by atoms with van der Waals surface area (Å²) in [6.07, 6.45) is 6.24. The molecule has 0 aliphatic carbocycles. The third-order valence-corrected chi connectivity index (χ3v) is 9.24. The van der Waals surface area contributed by atoms with Gasteiger partial charge in [0.05, 0.1) is 6.61 Å². The van der Waals surface area contributed by atoms with Gasteiger partial charge in [-0.1, -0.05) is 18.2 Å². The molecule has 0 unspecified atom stereocenters. The Labute approximate surface area is 241 Å². The molecule has 0 atom stereocenters. The Balaban J connectivity index is 1.14. The number of rotatable bonds is 12. The fraction of sp³-hybridized carbons (Fsp3) is 0.382. The van der Waals surface area contributed by atoms with Crippen molar-refractivity contribution in [2.24, 2.45) is 0 Å². The van der Waals surface area contributed by atoms with Crippen LogP contribution in [0.15, 0.2) is 72.8 Å². The maximum Gasteiger partial charge on any atom is 0.195 e. The first-order valence-corrected chi connectivity index (χ1v) is 15.5. The van der Waals surface area contributed by atoms with Crippen molar-refractivity contribution >= 4 is 27.2 Å². The summed E-state index contributed by atoms with van der Waals surface area (Å²) in [6.45, 7) is 8.25. The highest BCUT2D eigenvalue weighted by molar-refractivity contribution is 7.22. The van der Waals surface area contributed by atoms with Crippen LogP contribution in [0.5, 0.6) is 11.5 Å². The number of nitrogens with zero attached hydrogens (tertiary/aromatic N) is 2. The van der Waals surface area contributed by atoms with Crippen molar-refractivity contribution in [1.82, 2.24) is 9.80 Å². The van der Waals surface area contributed by atoms with Gasteiger partial charge in [0.25, 0.3) is 0 Å². The molecule has 6 rings (SSSR count). The minimum absolute atomic E-state index is 0.0407. The second-order valence-electron chi connectivity index (χ2n) is 10.8. The highest BCUT2D eigenvalue weighted by Crippen LogP contribution is 2.40. The maximum absolute atomic E-state index is 13.9. The zero-order valence-electron chi connectivity index (χ0n) is 23.1. The molecule has 0 N–H and O–H groups in total. The lowest BCUT2D eigenvalue weighted by atomic mass is 9.97. The zero-order chi connectivity index (χ0) is 27.1. The van der Waals surface area contributed by atoms with E-state index in [4.69, 9.17) is 9.47 Å². The summed E-state index contributed by atoms with van der Waals surface area (Å²) in [5, 5.41) is 1.00. The average molecular weight is 555 g/mol. The van der Waals surface area contributed by atoms with E-state index in [-0.39, 0.29) is 5.78 Å². The van der Waals surface area contributed by atoms with E-state index < -0.39 is 0 Å². The number of ketones is 1. The molecule has 0 saturated carbocycles. The molecule has 5 nitrogen and oxygen atoms in total. The van der Waals surface area contributed by atoms with Gasteiger partial charge in [-0.2, -0.15) is 0 Å². The van der Waals surface area contributed by atoms with Crippen molar-refractivity contribution in [3.63, 3.8) is 0 Å². The fourth-order valence-corrected chi connectivity index (χ4v) is 7.01. The van der Waals surface area contributed by atoms with Crippen LogP contribution in [0.1, 0.15) is 48.0 Å². The third-order valence-electron chi connectivity index (χ3n) is 8.02. The highest BCUT2D eigenvalue weighted by atomic mass is 32.1. The van der Waals surface area contributed by atoms with Crippen LogP contribution in [0.25, 0.3) is 20.5 Å². The van der Waals surface area contributed by atoms with Crippen molar-refractivity contribution in [2.75, 3.05) is 52.5 Å². The Morgan fingerprint density at radius 2 is 1.30 bits per heavy atom. The SMILES string of the molecule is O=C(c1ccc(OCCCN2CCCC2)cc1)c1c(-c2ccc(OCCN3CCCC3)cc2)sc2ccccc12. The lowest BCUT2D eigenvalue weighted by Crippen LogP contribution is -2.25. The Bertz CT molecular complexity index is 1400. The number of hydrogen-bond acceptors (Lipinski definition) is 6. The van der Waals surface area contributed by atoms with E-state index in [9.17, 15) is 4.79 Å². The standard InChI is InChI=1S/C34H38N2O3S/c37-33(26-10-14-28(15-11-26)38-24-7-22-35-18-3-4-19-35)32-30-8-1-2-9-31(30)40-34(32)27-12-16-29(17-13-27)39-25-23-36-20-5-6-21-36/h1-2,8-17H,3-7,18-25H2. The molecule has 2 aliphatic rings. The summed E-state index contributed by atoms with van der Waals surface area (Å²) in [7, 11) is 0. The minimum atomic E-state index is 0.0407. The number of hydrogen-bond donors (Lipinski definition) is 0. The summed E-state index contributed by atoms with van der Waals surface area (Å²) in [6, 6.07) is 24.0. The number of thiophene rings is 1. The summed E-state index contributed by atoms with van der Waals surface area (Å²) < 4.78 is 13.1. The highest BCUT2D eigenvalue weighted by Gasteiger charge is 2.21. The molecule has 2 fully saturated rings. The van der Waals surface area contributed by atoms with Gasteiger partial charge in [-0.05, 0) is 118 Å². The molecule has 1 aromatic heterocycles. The van der Waals surface area contributed by atoms with E-state index in [1.807, 2.05) is 48.5 Å². The molecule has 0 bridgehead atoms. The van der Waals surface area contributed by atoms with Gasteiger partial charge in [0.1, 0.15) is 18.1 Å². The van der Waals surface area contributed by atoms with Gasteiger partial charge in [0.2, 0.25) is 0 Å². The van der Waals surface area contributed by atoms with E-state index in [1.54, 1.807) is 11.3 Å². The molecule has 40 heavy (non-hydrogen) atoms. The molecule has 2 saturated heterocycles. The molecular formula is C34H38N2O3S. The Morgan fingerprint density at radius 1 is 0.700 bits per heavy atom. The van der Waals surface area contributed by atoms with Crippen molar-refractivity contribution in [2.45, 2.75) is 32.1 Å². The molecule has 0 radical (unpaired) electrons. The zero-order valence-corrected chi connectivity index (χ0v) is 24.0. The van der Waals surface area contributed by atoms with Crippen LogP contribution in [0.3, 0.4) is 0 Å². The third kappa shape index (κ3) is 6.41. The van der Waals surface area contributed by atoms with Gasteiger partial charge in [0, 0.05) is 39.2 Å². The molecule has 3 heterocycles. The number of fused-ring (bicyclic) bond motifs is 1. The Hall–Kier alpha value is -3.19. The summed E-state index contributed by atoms with van der Waals surface area (Å²) in [5.41, 5.74) is 2.48. The smallest absolute Gasteiger partial charge is 0.195 e. The van der Waals surface area contributed by atoms with Crippen LogP contribution in [0.2, 0.25) is 0 Å². The van der Waals surface area contributed by atoms with Gasteiger partial charge in [-0.3, -0.25) is 9.69 Å². The van der Waals surface area contributed by atoms with Gasteiger partial charge in [-0.25, -0.2) is 0 Å². The van der Waals surface area contributed by atoms with Crippen molar-refractivity contribution < 1.29 is 14.3 Å². The second-order valence-corrected chi connectivity index (χ2v) is 11.9. The molecule has 0 amide bonds. The fourth-order valence-electron chi connectivity index (χ4n) is 5.81. The summed E-state index contributed by atoms with van der Waals surface area (Å²) >= 11 is 1.67. The predicted octanol–water partition coefficient (Wildman–Crippen LogP) is 7.14. The van der Waals surface area contributed by atoms with Crippen LogP contribution >= 0.6 is 11.3 Å². The van der Waals surface area contributed by atoms with Crippen molar-refractivity contribution in [3.8, 4) is 21.9 Å². The lowest BCUT2D eigenvalue weighted by Gasteiger charge is -2.15. The molecule has 6 heteroatoms. The Morgan fingerprint density at radius 3 is 2.00 bits per heavy atom. The maximum atomic E-state index is 13.9. The topological polar surface area (TPSA) is 42.0 Å². The first-order chi connectivity index (χ1) is 19.7. The number of carbonyl (C=O) groups is 1. The summed E-state index contributed by atoms with van der Waals surface area (Å²) in [4.78, 5) is 19.9. The number of benzene rings is 3. The largest absolute Gasteiger partial charge is 0.494 e. The van der Waals surface area contributed by atoms with Crippen molar-refractivity contribution in [3.05, 3.63) is 83.9 Å². The number of carbonyl (C=O) groups excluding carboxylic acids is 1. The second kappa shape index (κ2) is 13.0. The first kappa shape index (κ1) is 27.0. The summed E-state index contributed by atoms with van der Waals surface area (Å²) in [5.74, 6) is 1.72. The van der Waals surface area contributed by atoms with Gasteiger partial charge in [-0.15, -0.1) is 11.3 Å². The molecular weight excluding hydrogens is 516 g/mol. The minimum Gasteiger partial charge on any atom is -0.494 e. The van der Waals surface area contributed by atoms with Gasteiger partial charge < -0.3 is 14.4 Å². The van der Waals surface area contributed by atoms with Crippen LogP contribution in [-0.4, -0.2) is 68.1 Å². The van der Waals surface area contributed by atoms with Gasteiger partial charge >= 0.3 is 0 Å². The normalized spacial score (nSPS) is 16.1. The molecule has 208 valence electrons. The van der Waals surface area contributed by atoms with Crippen LogP contribution in [0, 0.1) is 0 Å². The molecule has 2 aliphatic heterocycles. The first-order valence-electron chi connectivity index (χ1n) is 14.7. The molecule has 4 aromatic rings. The predicted molar refractivity (Wildman–Crippen MR) is 164 cm³/mol. The quantitative estimate of drug-likeness (QED) is 0.138. The monoisotopic (exact) mass is 554 g/mol. The molecule has 0 spiro atoms. The Kier molecular flexibility index (Phi) is 8.77. The average Bonchev–Trinajstić information content (AvgIpc) is 3.77. The lowest BCUT2D eigenvalue weighted by molar-refractivity contribution is 0.104. The van der Waals surface area contributed by atoms with Crippen LogP contribution in [-0.2, 0) is 0 Å². The molecule has 3 aromatic carbocycles.